The molecular weight excluding hydrogens is 300 g/mol. The molecule has 0 fully saturated rings. The number of nitrogens with zero attached hydrogens (tertiary/aromatic N) is 6. The Morgan fingerprint density at radius 1 is 1.27 bits per heavy atom. The fourth-order valence-corrected chi connectivity index (χ4v) is 2.85. The van der Waals surface area contributed by atoms with E-state index in [0.717, 1.165) is 16.1 Å². The van der Waals surface area contributed by atoms with Crippen molar-refractivity contribution in [2.75, 3.05) is 7.11 Å². The predicted molar refractivity (Wildman–Crippen MR) is 80.4 cm³/mol. The van der Waals surface area contributed by atoms with Gasteiger partial charge in [-0.3, -0.25) is 0 Å². The number of benzene rings is 1. The summed E-state index contributed by atoms with van der Waals surface area (Å²) >= 11 is 1.35. The van der Waals surface area contributed by atoms with Crippen LogP contribution in [0.15, 0.2) is 24.3 Å². The smallest absolute Gasteiger partial charge is 0.234 e. The van der Waals surface area contributed by atoms with E-state index in [1.54, 1.807) is 11.8 Å². The first-order chi connectivity index (χ1) is 10.7. The lowest BCUT2D eigenvalue weighted by atomic mass is 10.0. The number of rotatable bonds is 4. The van der Waals surface area contributed by atoms with Gasteiger partial charge in [0.15, 0.2) is 5.69 Å². The van der Waals surface area contributed by atoms with Crippen LogP contribution in [-0.2, 0) is 11.3 Å². The van der Waals surface area contributed by atoms with E-state index in [1.165, 1.54) is 11.3 Å². The molecule has 0 saturated heterocycles. The quantitative estimate of drug-likeness (QED) is 0.733. The van der Waals surface area contributed by atoms with Gasteiger partial charge in [0.25, 0.3) is 0 Å². The highest BCUT2D eigenvalue weighted by Crippen LogP contribution is 2.28. The molecule has 110 valence electrons. The molecule has 0 spiro atoms. The Morgan fingerprint density at radius 3 is 2.82 bits per heavy atom. The van der Waals surface area contributed by atoms with Crippen LogP contribution in [0.4, 0.5) is 0 Å². The second-order valence-electron chi connectivity index (χ2n) is 4.54. The van der Waals surface area contributed by atoms with Gasteiger partial charge in [0.1, 0.15) is 23.4 Å². The molecule has 22 heavy (non-hydrogen) atoms. The molecule has 1 aromatic carbocycles. The number of nitriles is 1. The van der Waals surface area contributed by atoms with Gasteiger partial charge >= 0.3 is 0 Å². The Morgan fingerprint density at radius 2 is 2.09 bits per heavy atom. The molecule has 0 N–H and O–H groups in total. The lowest BCUT2D eigenvalue weighted by molar-refractivity contribution is 0.184. The molecule has 0 aliphatic carbocycles. The van der Waals surface area contributed by atoms with Crippen molar-refractivity contribution in [2.24, 2.45) is 0 Å². The summed E-state index contributed by atoms with van der Waals surface area (Å²) in [6.45, 7) is 2.36. The van der Waals surface area contributed by atoms with E-state index in [4.69, 9.17) is 4.74 Å². The lowest BCUT2D eigenvalue weighted by Gasteiger charge is -2.06. The summed E-state index contributed by atoms with van der Waals surface area (Å²) in [7, 11) is 1.60. The first-order valence-corrected chi connectivity index (χ1v) is 7.29. The van der Waals surface area contributed by atoms with Gasteiger partial charge in [0, 0.05) is 12.7 Å². The molecule has 0 atom stereocenters. The van der Waals surface area contributed by atoms with Crippen LogP contribution in [0.2, 0.25) is 0 Å². The highest BCUT2D eigenvalue weighted by Gasteiger charge is 2.20. The zero-order valence-electron chi connectivity index (χ0n) is 12.0. The van der Waals surface area contributed by atoms with E-state index in [9.17, 15) is 5.26 Å². The fraction of sp³-hybridized carbons (Fsp3) is 0.214. The second-order valence-corrected chi connectivity index (χ2v) is 5.58. The monoisotopic (exact) mass is 312 g/mol. The standard InChI is InChI=1S/C14H12N6OS/c1-9-5-3-4-6-10(9)13-11(7-15)16-19-20(13)14-18-17-12(22-14)8-21-2/h3-6H,8H2,1-2H3. The summed E-state index contributed by atoms with van der Waals surface area (Å²) in [5, 5.41) is 26.8. The first kappa shape index (κ1) is 14.3. The van der Waals surface area contributed by atoms with Crippen LogP contribution in [0.3, 0.4) is 0 Å². The van der Waals surface area contributed by atoms with E-state index < -0.39 is 0 Å². The maximum absolute atomic E-state index is 9.30. The SMILES string of the molecule is COCc1nnc(-n2nnc(C#N)c2-c2ccccc2C)s1. The average molecular weight is 312 g/mol. The molecule has 2 aromatic heterocycles. The van der Waals surface area contributed by atoms with Gasteiger partial charge in [-0.15, -0.1) is 15.3 Å². The number of methoxy groups -OCH3 is 1. The van der Waals surface area contributed by atoms with Gasteiger partial charge in [-0.05, 0) is 12.5 Å². The van der Waals surface area contributed by atoms with Crippen molar-refractivity contribution in [3.63, 3.8) is 0 Å². The maximum Gasteiger partial charge on any atom is 0.234 e. The van der Waals surface area contributed by atoms with Crippen molar-refractivity contribution in [1.29, 1.82) is 5.26 Å². The topological polar surface area (TPSA) is 89.5 Å². The zero-order valence-corrected chi connectivity index (χ0v) is 12.8. The molecule has 0 saturated carbocycles. The summed E-state index contributed by atoms with van der Waals surface area (Å²) < 4.78 is 6.60. The minimum absolute atomic E-state index is 0.262. The van der Waals surface area contributed by atoms with Gasteiger partial charge in [-0.1, -0.05) is 40.8 Å². The number of aryl methyl sites for hydroxylation is 1. The maximum atomic E-state index is 9.30. The van der Waals surface area contributed by atoms with Crippen LogP contribution in [0.5, 0.6) is 0 Å². The molecule has 0 unspecified atom stereocenters. The van der Waals surface area contributed by atoms with Crippen molar-refractivity contribution < 1.29 is 4.74 Å². The molecule has 0 aliphatic rings. The van der Waals surface area contributed by atoms with Crippen LogP contribution in [-0.4, -0.2) is 32.3 Å². The van der Waals surface area contributed by atoms with Gasteiger partial charge in [0.2, 0.25) is 5.13 Å². The second kappa shape index (κ2) is 6.01. The van der Waals surface area contributed by atoms with Crippen molar-refractivity contribution in [3.8, 4) is 22.5 Å². The number of aromatic nitrogens is 5. The summed E-state index contributed by atoms with van der Waals surface area (Å²) in [5.41, 5.74) is 2.82. The van der Waals surface area contributed by atoms with Gasteiger partial charge in [0.05, 0.1) is 0 Å². The van der Waals surface area contributed by atoms with E-state index in [1.807, 2.05) is 31.2 Å². The predicted octanol–water partition coefficient (Wildman–Crippen LogP) is 2.11. The molecular formula is C14H12N6OS. The Kier molecular flexibility index (Phi) is 3.91. The summed E-state index contributed by atoms with van der Waals surface area (Å²) in [6.07, 6.45) is 0. The van der Waals surface area contributed by atoms with Crippen LogP contribution in [0.1, 0.15) is 16.3 Å². The highest BCUT2D eigenvalue weighted by atomic mass is 32.1. The van der Waals surface area contributed by atoms with Gasteiger partial charge < -0.3 is 4.74 Å². The van der Waals surface area contributed by atoms with Crippen molar-refractivity contribution in [2.45, 2.75) is 13.5 Å². The minimum atomic E-state index is 0.262. The Bertz CT molecular complexity index is 847. The van der Waals surface area contributed by atoms with Crippen molar-refractivity contribution in [3.05, 3.63) is 40.5 Å². The van der Waals surface area contributed by atoms with Gasteiger partial charge in [-0.25, -0.2) is 0 Å². The molecule has 3 aromatic rings. The third-order valence-corrected chi connectivity index (χ3v) is 3.95. The van der Waals surface area contributed by atoms with Crippen LogP contribution in [0.25, 0.3) is 16.4 Å². The minimum Gasteiger partial charge on any atom is -0.377 e. The lowest BCUT2D eigenvalue weighted by Crippen LogP contribution is -2.00. The van der Waals surface area contributed by atoms with Crippen molar-refractivity contribution in [1.82, 2.24) is 25.2 Å². The summed E-state index contributed by atoms with van der Waals surface area (Å²) in [4.78, 5) is 0. The normalized spacial score (nSPS) is 10.6. The molecule has 2 heterocycles. The van der Waals surface area contributed by atoms with E-state index in [0.29, 0.717) is 17.4 Å². The molecule has 3 rings (SSSR count). The molecule has 8 heteroatoms. The largest absolute Gasteiger partial charge is 0.377 e. The Balaban J connectivity index is 2.15. The first-order valence-electron chi connectivity index (χ1n) is 6.48. The third-order valence-electron chi connectivity index (χ3n) is 3.08. The molecule has 0 aliphatic heterocycles. The van der Waals surface area contributed by atoms with Crippen LogP contribution < -0.4 is 0 Å². The molecule has 0 radical (unpaired) electrons. The van der Waals surface area contributed by atoms with Crippen LogP contribution >= 0.6 is 11.3 Å². The third kappa shape index (κ3) is 2.47. The molecule has 7 nitrogen and oxygen atoms in total. The number of hydrogen-bond acceptors (Lipinski definition) is 7. The fourth-order valence-electron chi connectivity index (χ4n) is 2.08. The van der Waals surface area contributed by atoms with Gasteiger partial charge in [-0.2, -0.15) is 9.94 Å². The van der Waals surface area contributed by atoms with Crippen LogP contribution in [0, 0.1) is 18.3 Å². The van der Waals surface area contributed by atoms with E-state index >= 15 is 0 Å². The van der Waals surface area contributed by atoms with E-state index in [2.05, 4.69) is 26.6 Å². The highest BCUT2D eigenvalue weighted by molar-refractivity contribution is 7.13. The zero-order chi connectivity index (χ0) is 15.5. The molecule has 0 bridgehead atoms. The van der Waals surface area contributed by atoms with Crippen molar-refractivity contribution >= 4 is 11.3 Å². The summed E-state index contributed by atoms with van der Waals surface area (Å²) in [6, 6.07) is 9.85. The summed E-state index contributed by atoms with van der Waals surface area (Å²) in [5.74, 6) is 0. The Hall–Kier alpha value is -2.63. The Labute approximate surface area is 130 Å². The molecule has 0 amide bonds. The van der Waals surface area contributed by atoms with E-state index in [-0.39, 0.29) is 5.69 Å². The number of hydrogen-bond donors (Lipinski definition) is 0. The number of ether oxygens (including phenoxy) is 1. The average Bonchev–Trinajstić information content (AvgIpc) is 3.14.